The van der Waals surface area contributed by atoms with Gasteiger partial charge in [-0.2, -0.15) is 0 Å². The Labute approximate surface area is 218 Å². The van der Waals surface area contributed by atoms with E-state index < -0.39 is 18.2 Å². The Morgan fingerprint density at radius 2 is 1.65 bits per heavy atom. The molecule has 0 fully saturated rings. The maximum Gasteiger partial charge on any atom is 0.415 e. The van der Waals surface area contributed by atoms with E-state index in [1.807, 2.05) is 55.5 Å². The molecule has 0 spiro atoms. The highest BCUT2D eigenvalue weighted by atomic mass is 16.6. The molecule has 1 unspecified atom stereocenters. The molecule has 0 aromatic heterocycles. The molecule has 1 atom stereocenters. The number of carboxylic acid groups (broad SMARTS) is 1. The lowest BCUT2D eigenvalue weighted by Crippen LogP contribution is -2.37. The summed E-state index contributed by atoms with van der Waals surface area (Å²) in [6.07, 6.45) is 0.653. The molecular weight excluding hydrogens is 470 g/mol. The Hall–Kier alpha value is -3.84. The van der Waals surface area contributed by atoms with Crippen LogP contribution in [0.15, 0.2) is 78.9 Å². The van der Waals surface area contributed by atoms with Gasteiger partial charge in [0.25, 0.3) is 0 Å². The Balaban J connectivity index is 1.55. The summed E-state index contributed by atoms with van der Waals surface area (Å²) in [5.41, 5.74) is 3.08. The molecule has 0 aliphatic heterocycles. The van der Waals surface area contributed by atoms with E-state index in [0.717, 1.165) is 24.0 Å². The van der Waals surface area contributed by atoms with Gasteiger partial charge >= 0.3 is 12.1 Å². The highest BCUT2D eigenvalue weighted by Gasteiger charge is 2.18. The Morgan fingerprint density at radius 3 is 2.32 bits per heavy atom. The number of rotatable bonds is 14. The lowest BCUT2D eigenvalue weighted by molar-refractivity contribution is -0.149. The highest BCUT2D eigenvalue weighted by Crippen LogP contribution is 2.16. The van der Waals surface area contributed by atoms with E-state index >= 15 is 0 Å². The van der Waals surface area contributed by atoms with Crippen LogP contribution in [0.5, 0.6) is 11.5 Å². The van der Waals surface area contributed by atoms with Gasteiger partial charge in [-0.25, -0.2) is 9.59 Å². The number of aryl methyl sites for hydroxylation is 2. The van der Waals surface area contributed by atoms with Crippen molar-refractivity contribution >= 4 is 12.1 Å². The zero-order chi connectivity index (χ0) is 26.5. The van der Waals surface area contributed by atoms with Crippen molar-refractivity contribution in [2.75, 3.05) is 26.3 Å². The molecule has 1 amide bonds. The van der Waals surface area contributed by atoms with Crippen LogP contribution in [0.3, 0.4) is 0 Å². The number of aliphatic carboxylic acids is 1. The number of hydrogen-bond acceptors (Lipinski definition) is 5. The van der Waals surface area contributed by atoms with Gasteiger partial charge < -0.3 is 24.2 Å². The number of carbonyl (C=O) groups is 2. The van der Waals surface area contributed by atoms with E-state index in [9.17, 15) is 14.7 Å². The SMILES string of the molecule is CCOC(Cc1ccc(OCCN(CCCc2ccccc2)C(=O)Oc2cccc(C)c2)cc1)C(=O)O. The van der Waals surface area contributed by atoms with Crippen LogP contribution in [0.4, 0.5) is 4.79 Å². The van der Waals surface area contributed by atoms with Gasteiger partial charge in [0.15, 0.2) is 6.10 Å². The normalized spacial score (nSPS) is 11.5. The molecule has 196 valence electrons. The van der Waals surface area contributed by atoms with Crippen molar-refractivity contribution in [3.05, 3.63) is 95.6 Å². The molecule has 3 aromatic carbocycles. The van der Waals surface area contributed by atoms with Gasteiger partial charge in [0.1, 0.15) is 18.1 Å². The molecule has 7 nitrogen and oxygen atoms in total. The summed E-state index contributed by atoms with van der Waals surface area (Å²) in [5.74, 6) is 0.177. The highest BCUT2D eigenvalue weighted by molar-refractivity contribution is 5.72. The molecule has 3 aromatic rings. The number of ether oxygens (including phenoxy) is 3. The summed E-state index contributed by atoms with van der Waals surface area (Å²) in [4.78, 5) is 25.9. The third kappa shape index (κ3) is 9.61. The summed E-state index contributed by atoms with van der Waals surface area (Å²) >= 11 is 0. The van der Waals surface area contributed by atoms with Gasteiger partial charge in [0.2, 0.25) is 0 Å². The van der Waals surface area contributed by atoms with E-state index in [-0.39, 0.29) is 6.42 Å². The molecule has 0 aliphatic rings. The predicted molar refractivity (Wildman–Crippen MR) is 142 cm³/mol. The first kappa shape index (κ1) is 27.7. The second kappa shape index (κ2) is 14.7. The van der Waals surface area contributed by atoms with Gasteiger partial charge in [-0.15, -0.1) is 0 Å². The predicted octanol–water partition coefficient (Wildman–Crippen LogP) is 5.54. The molecule has 0 bridgehead atoms. The average molecular weight is 506 g/mol. The standard InChI is InChI=1S/C30H35NO6/c1-3-35-28(29(32)33)22-25-14-16-26(17-15-25)36-20-19-31(18-8-12-24-10-5-4-6-11-24)30(34)37-27-13-7-9-23(2)21-27/h4-7,9-11,13-17,21,28H,3,8,12,18-20,22H2,1-2H3,(H,32,33). The fourth-order valence-electron chi connectivity index (χ4n) is 3.89. The van der Waals surface area contributed by atoms with E-state index in [1.54, 1.807) is 30.0 Å². The molecule has 3 rings (SSSR count). The van der Waals surface area contributed by atoms with Crippen molar-refractivity contribution in [1.82, 2.24) is 4.90 Å². The minimum absolute atomic E-state index is 0.281. The van der Waals surface area contributed by atoms with Crippen LogP contribution in [-0.2, 0) is 22.4 Å². The molecule has 0 saturated heterocycles. The van der Waals surface area contributed by atoms with Crippen LogP contribution in [0, 0.1) is 6.92 Å². The van der Waals surface area contributed by atoms with E-state index in [0.29, 0.717) is 37.8 Å². The summed E-state index contributed by atoms with van der Waals surface area (Å²) in [6.45, 7) is 5.26. The number of hydrogen-bond donors (Lipinski definition) is 1. The molecule has 0 saturated carbocycles. The minimum Gasteiger partial charge on any atom is -0.492 e. The first-order valence-corrected chi connectivity index (χ1v) is 12.6. The summed E-state index contributed by atoms with van der Waals surface area (Å²) in [6, 6.07) is 24.8. The molecule has 1 N–H and O–H groups in total. The summed E-state index contributed by atoms with van der Waals surface area (Å²) in [7, 11) is 0. The van der Waals surface area contributed by atoms with Crippen molar-refractivity contribution in [3.63, 3.8) is 0 Å². The molecule has 0 heterocycles. The number of carboxylic acids is 1. The Morgan fingerprint density at radius 1 is 0.892 bits per heavy atom. The van der Waals surface area contributed by atoms with Crippen LogP contribution in [0.25, 0.3) is 0 Å². The van der Waals surface area contributed by atoms with Crippen molar-refractivity contribution in [3.8, 4) is 11.5 Å². The zero-order valence-electron chi connectivity index (χ0n) is 21.5. The zero-order valence-corrected chi connectivity index (χ0v) is 21.5. The largest absolute Gasteiger partial charge is 0.492 e. The fraction of sp³-hybridized carbons (Fsp3) is 0.333. The van der Waals surface area contributed by atoms with E-state index in [1.165, 1.54) is 5.56 Å². The third-order valence-electron chi connectivity index (χ3n) is 5.81. The van der Waals surface area contributed by atoms with E-state index in [2.05, 4.69) is 12.1 Å². The number of nitrogens with zero attached hydrogens (tertiary/aromatic N) is 1. The van der Waals surface area contributed by atoms with Gasteiger partial charge in [-0.05, 0) is 67.6 Å². The first-order chi connectivity index (χ1) is 17.9. The van der Waals surface area contributed by atoms with Crippen molar-refractivity contribution in [2.45, 2.75) is 39.2 Å². The van der Waals surface area contributed by atoms with Crippen LogP contribution < -0.4 is 9.47 Å². The smallest absolute Gasteiger partial charge is 0.415 e. The number of amides is 1. The molecule has 7 heteroatoms. The van der Waals surface area contributed by atoms with Crippen LogP contribution in [0.1, 0.15) is 30.0 Å². The van der Waals surface area contributed by atoms with Gasteiger partial charge in [0.05, 0.1) is 6.54 Å². The maximum atomic E-state index is 13.0. The summed E-state index contributed by atoms with van der Waals surface area (Å²) in [5, 5.41) is 9.27. The van der Waals surface area contributed by atoms with E-state index in [4.69, 9.17) is 14.2 Å². The summed E-state index contributed by atoms with van der Waals surface area (Å²) < 4.78 is 16.8. The van der Waals surface area contributed by atoms with Crippen molar-refractivity contribution in [2.24, 2.45) is 0 Å². The van der Waals surface area contributed by atoms with Crippen molar-refractivity contribution < 1.29 is 28.9 Å². The molecule has 0 radical (unpaired) electrons. The second-order valence-electron chi connectivity index (χ2n) is 8.74. The monoisotopic (exact) mass is 505 g/mol. The number of carbonyl (C=O) groups excluding carboxylic acids is 1. The fourth-order valence-corrected chi connectivity index (χ4v) is 3.89. The molecule has 0 aliphatic carbocycles. The lowest BCUT2D eigenvalue weighted by Gasteiger charge is -2.22. The average Bonchev–Trinajstić information content (AvgIpc) is 2.89. The maximum absolute atomic E-state index is 13.0. The Kier molecular flexibility index (Phi) is 11.0. The van der Waals surface area contributed by atoms with Gasteiger partial charge in [-0.3, -0.25) is 0 Å². The molecular formula is C30H35NO6. The van der Waals surface area contributed by atoms with Crippen LogP contribution in [-0.4, -0.2) is 54.5 Å². The van der Waals surface area contributed by atoms with Gasteiger partial charge in [0, 0.05) is 19.6 Å². The van der Waals surface area contributed by atoms with Crippen LogP contribution in [0.2, 0.25) is 0 Å². The first-order valence-electron chi connectivity index (χ1n) is 12.6. The van der Waals surface area contributed by atoms with Crippen LogP contribution >= 0.6 is 0 Å². The second-order valence-corrected chi connectivity index (χ2v) is 8.74. The number of benzene rings is 3. The third-order valence-corrected chi connectivity index (χ3v) is 5.81. The topological polar surface area (TPSA) is 85.3 Å². The minimum atomic E-state index is -0.980. The van der Waals surface area contributed by atoms with Gasteiger partial charge in [-0.1, -0.05) is 54.6 Å². The Bertz CT molecular complexity index is 1120. The lowest BCUT2D eigenvalue weighted by atomic mass is 10.1. The quantitative estimate of drug-likeness (QED) is 0.310. The molecule has 37 heavy (non-hydrogen) atoms. The van der Waals surface area contributed by atoms with Crippen molar-refractivity contribution in [1.29, 1.82) is 0 Å².